The predicted octanol–water partition coefficient (Wildman–Crippen LogP) is 3.09. The van der Waals surface area contributed by atoms with E-state index in [0.717, 1.165) is 22.6 Å². The van der Waals surface area contributed by atoms with Gasteiger partial charge < -0.3 is 9.84 Å². The maximum Gasteiger partial charge on any atom is 0.131 e. The molecule has 0 unspecified atom stereocenters. The predicted molar refractivity (Wildman–Crippen MR) is 66.5 cm³/mol. The first kappa shape index (κ1) is 10.4. The van der Waals surface area contributed by atoms with Crippen LogP contribution in [0.15, 0.2) is 48.5 Å². The second-order valence-corrected chi connectivity index (χ2v) is 4.58. The summed E-state index contributed by atoms with van der Waals surface area (Å²) in [5.41, 5.74) is 1.70. The standard InChI is InChI=1S/C15H14O2/c1-15(10-16)11-6-2-4-8-13(11)17-14-9-5-3-7-12(14)15/h2-9,16H,10H2,1H3. The molecule has 1 aliphatic heterocycles. The van der Waals surface area contributed by atoms with Gasteiger partial charge in [0, 0.05) is 16.5 Å². The summed E-state index contributed by atoms with van der Waals surface area (Å²) in [5.74, 6) is 1.67. The van der Waals surface area contributed by atoms with Crippen LogP contribution in [0.5, 0.6) is 11.5 Å². The number of aliphatic hydroxyl groups is 1. The second-order valence-electron chi connectivity index (χ2n) is 4.58. The number of rotatable bonds is 1. The summed E-state index contributed by atoms with van der Waals surface area (Å²) >= 11 is 0. The van der Waals surface area contributed by atoms with E-state index in [1.165, 1.54) is 0 Å². The average molecular weight is 226 g/mol. The molecule has 0 aliphatic carbocycles. The lowest BCUT2D eigenvalue weighted by atomic mass is 9.75. The van der Waals surface area contributed by atoms with Crippen LogP contribution in [-0.2, 0) is 5.41 Å². The molecule has 1 N–H and O–H groups in total. The quantitative estimate of drug-likeness (QED) is 0.809. The second kappa shape index (κ2) is 3.60. The molecule has 86 valence electrons. The summed E-state index contributed by atoms with van der Waals surface area (Å²) in [6, 6.07) is 15.8. The maximum absolute atomic E-state index is 9.79. The van der Waals surface area contributed by atoms with Crippen molar-refractivity contribution in [2.75, 3.05) is 6.61 Å². The Morgan fingerprint density at radius 2 is 1.41 bits per heavy atom. The molecule has 2 aromatic rings. The van der Waals surface area contributed by atoms with Crippen molar-refractivity contribution in [3.05, 3.63) is 59.7 Å². The van der Waals surface area contributed by atoms with Crippen LogP contribution in [0.4, 0.5) is 0 Å². The molecule has 0 bridgehead atoms. The van der Waals surface area contributed by atoms with Gasteiger partial charge in [-0.3, -0.25) is 0 Å². The maximum atomic E-state index is 9.79. The smallest absolute Gasteiger partial charge is 0.131 e. The van der Waals surface area contributed by atoms with Gasteiger partial charge in [0.25, 0.3) is 0 Å². The molecule has 0 atom stereocenters. The van der Waals surface area contributed by atoms with Crippen molar-refractivity contribution >= 4 is 0 Å². The minimum Gasteiger partial charge on any atom is -0.457 e. The van der Waals surface area contributed by atoms with Crippen LogP contribution in [0.25, 0.3) is 0 Å². The molecule has 17 heavy (non-hydrogen) atoms. The number of fused-ring (bicyclic) bond motifs is 2. The van der Waals surface area contributed by atoms with Crippen molar-refractivity contribution in [1.29, 1.82) is 0 Å². The number of hydrogen-bond acceptors (Lipinski definition) is 2. The zero-order valence-electron chi connectivity index (χ0n) is 9.68. The van der Waals surface area contributed by atoms with Crippen LogP contribution < -0.4 is 4.74 Å². The molecular formula is C15H14O2. The first-order valence-electron chi connectivity index (χ1n) is 5.73. The lowest BCUT2D eigenvalue weighted by Crippen LogP contribution is -2.31. The van der Waals surface area contributed by atoms with E-state index in [-0.39, 0.29) is 12.0 Å². The number of para-hydroxylation sites is 2. The summed E-state index contributed by atoms with van der Waals surface area (Å²) in [4.78, 5) is 0. The average Bonchev–Trinajstić information content (AvgIpc) is 2.39. The minimum absolute atomic E-state index is 0.0738. The number of aliphatic hydroxyl groups excluding tert-OH is 1. The highest BCUT2D eigenvalue weighted by molar-refractivity contribution is 5.56. The van der Waals surface area contributed by atoms with E-state index in [1.54, 1.807) is 0 Å². The van der Waals surface area contributed by atoms with Gasteiger partial charge >= 0.3 is 0 Å². The van der Waals surface area contributed by atoms with Gasteiger partial charge in [-0.05, 0) is 19.1 Å². The molecule has 0 fully saturated rings. The van der Waals surface area contributed by atoms with Gasteiger partial charge in [0.1, 0.15) is 11.5 Å². The molecule has 0 aromatic heterocycles. The van der Waals surface area contributed by atoms with Crippen LogP contribution in [0.2, 0.25) is 0 Å². The van der Waals surface area contributed by atoms with Crippen molar-refractivity contribution in [2.45, 2.75) is 12.3 Å². The van der Waals surface area contributed by atoms with Crippen LogP contribution in [-0.4, -0.2) is 11.7 Å². The molecule has 1 heterocycles. The summed E-state index contributed by atoms with van der Waals surface area (Å²) in [7, 11) is 0. The number of benzene rings is 2. The van der Waals surface area contributed by atoms with Gasteiger partial charge in [-0.25, -0.2) is 0 Å². The van der Waals surface area contributed by atoms with Gasteiger partial charge in [0.05, 0.1) is 6.61 Å². The Kier molecular flexibility index (Phi) is 2.20. The molecule has 0 amide bonds. The van der Waals surface area contributed by atoms with E-state index < -0.39 is 0 Å². The molecular weight excluding hydrogens is 212 g/mol. The third kappa shape index (κ3) is 1.38. The molecule has 3 rings (SSSR count). The van der Waals surface area contributed by atoms with Crippen LogP contribution in [0.1, 0.15) is 18.1 Å². The van der Waals surface area contributed by atoms with Crippen molar-refractivity contribution in [2.24, 2.45) is 0 Å². The molecule has 2 nitrogen and oxygen atoms in total. The monoisotopic (exact) mass is 226 g/mol. The van der Waals surface area contributed by atoms with Gasteiger partial charge in [0.15, 0.2) is 0 Å². The number of hydrogen-bond donors (Lipinski definition) is 1. The topological polar surface area (TPSA) is 29.5 Å². The van der Waals surface area contributed by atoms with Crippen molar-refractivity contribution in [1.82, 2.24) is 0 Å². The summed E-state index contributed by atoms with van der Waals surface area (Å²) in [5, 5.41) is 9.79. The Morgan fingerprint density at radius 3 is 1.88 bits per heavy atom. The van der Waals surface area contributed by atoms with Gasteiger partial charge in [-0.15, -0.1) is 0 Å². The third-order valence-electron chi connectivity index (χ3n) is 3.50. The zero-order chi connectivity index (χ0) is 11.9. The van der Waals surface area contributed by atoms with Gasteiger partial charge in [0.2, 0.25) is 0 Å². The first-order valence-corrected chi connectivity index (χ1v) is 5.73. The Labute approximate surface area is 100 Å². The SMILES string of the molecule is CC1(CO)c2ccccc2Oc2ccccc21. The van der Waals surface area contributed by atoms with E-state index in [1.807, 2.05) is 55.5 Å². The van der Waals surface area contributed by atoms with Gasteiger partial charge in [-0.2, -0.15) is 0 Å². The summed E-state index contributed by atoms with van der Waals surface area (Å²) < 4.78 is 5.86. The number of ether oxygens (including phenoxy) is 1. The highest BCUT2D eigenvalue weighted by Crippen LogP contribution is 2.47. The van der Waals surface area contributed by atoms with Crippen LogP contribution in [0.3, 0.4) is 0 Å². The van der Waals surface area contributed by atoms with Gasteiger partial charge in [-0.1, -0.05) is 36.4 Å². The Balaban J connectivity index is 2.28. The Bertz CT molecular complexity index is 515. The van der Waals surface area contributed by atoms with Crippen molar-refractivity contribution in [3.8, 4) is 11.5 Å². The molecule has 2 heteroatoms. The highest BCUT2D eigenvalue weighted by atomic mass is 16.5. The van der Waals surface area contributed by atoms with Crippen molar-refractivity contribution in [3.63, 3.8) is 0 Å². The normalized spacial score (nSPS) is 15.6. The van der Waals surface area contributed by atoms with Crippen molar-refractivity contribution < 1.29 is 9.84 Å². The van der Waals surface area contributed by atoms with Crippen LogP contribution >= 0.6 is 0 Å². The fourth-order valence-electron chi connectivity index (χ4n) is 2.46. The van der Waals surface area contributed by atoms with E-state index >= 15 is 0 Å². The summed E-state index contributed by atoms with van der Waals surface area (Å²) in [6.07, 6.45) is 0. The Morgan fingerprint density at radius 1 is 0.941 bits per heavy atom. The van der Waals surface area contributed by atoms with E-state index in [4.69, 9.17) is 4.74 Å². The first-order chi connectivity index (χ1) is 8.25. The lowest BCUT2D eigenvalue weighted by Gasteiger charge is -2.35. The molecule has 0 radical (unpaired) electrons. The fourth-order valence-corrected chi connectivity index (χ4v) is 2.46. The van der Waals surface area contributed by atoms with E-state index in [9.17, 15) is 5.11 Å². The lowest BCUT2D eigenvalue weighted by molar-refractivity contribution is 0.220. The minimum atomic E-state index is -0.383. The van der Waals surface area contributed by atoms with Crippen LogP contribution in [0, 0.1) is 0 Å². The fraction of sp³-hybridized carbons (Fsp3) is 0.200. The summed E-state index contributed by atoms with van der Waals surface area (Å²) in [6.45, 7) is 2.12. The molecule has 2 aromatic carbocycles. The largest absolute Gasteiger partial charge is 0.457 e. The Hall–Kier alpha value is -1.80. The zero-order valence-corrected chi connectivity index (χ0v) is 9.68. The molecule has 0 saturated heterocycles. The highest BCUT2D eigenvalue weighted by Gasteiger charge is 2.37. The van der Waals surface area contributed by atoms with E-state index in [0.29, 0.717) is 0 Å². The molecule has 1 aliphatic rings. The third-order valence-corrected chi connectivity index (χ3v) is 3.50. The van der Waals surface area contributed by atoms with E-state index in [2.05, 4.69) is 0 Å². The molecule has 0 saturated carbocycles. The molecule has 0 spiro atoms.